The van der Waals surface area contributed by atoms with Gasteiger partial charge in [-0.05, 0) is 25.1 Å². The highest BCUT2D eigenvalue weighted by molar-refractivity contribution is 6.00. The molecule has 0 spiro atoms. The molecule has 0 aliphatic heterocycles. The third-order valence-corrected chi connectivity index (χ3v) is 2.66. The zero-order chi connectivity index (χ0) is 13.7. The first-order chi connectivity index (χ1) is 9.20. The molecule has 1 aromatic heterocycles. The van der Waals surface area contributed by atoms with E-state index in [0.717, 1.165) is 5.56 Å². The number of aromatic amines is 1. The van der Waals surface area contributed by atoms with E-state index in [1.165, 1.54) is 0 Å². The first kappa shape index (κ1) is 12.9. The Kier molecular flexibility index (Phi) is 4.02. The number of anilines is 2. The Hall–Kier alpha value is -2.50. The fourth-order valence-corrected chi connectivity index (χ4v) is 1.73. The Morgan fingerprint density at radius 2 is 2.32 bits per heavy atom. The van der Waals surface area contributed by atoms with E-state index in [4.69, 9.17) is 5.73 Å². The van der Waals surface area contributed by atoms with Crippen molar-refractivity contribution in [3.05, 3.63) is 41.7 Å². The van der Waals surface area contributed by atoms with Crippen molar-refractivity contribution >= 4 is 17.3 Å². The molecule has 0 atom stereocenters. The second kappa shape index (κ2) is 5.90. The van der Waals surface area contributed by atoms with Crippen LogP contribution < -0.4 is 16.4 Å². The molecule has 2 rings (SSSR count). The highest BCUT2D eigenvalue weighted by atomic mass is 16.1. The van der Waals surface area contributed by atoms with Crippen LogP contribution in [0.15, 0.2) is 30.6 Å². The van der Waals surface area contributed by atoms with Gasteiger partial charge in [-0.25, -0.2) is 0 Å². The second-order valence-corrected chi connectivity index (χ2v) is 4.12. The van der Waals surface area contributed by atoms with Gasteiger partial charge in [0.05, 0.1) is 11.8 Å². The van der Waals surface area contributed by atoms with E-state index in [9.17, 15) is 4.79 Å². The van der Waals surface area contributed by atoms with E-state index >= 15 is 0 Å². The number of carbonyl (C=O) groups is 1. The lowest BCUT2D eigenvalue weighted by molar-refractivity contribution is 0.0956. The number of rotatable bonds is 5. The van der Waals surface area contributed by atoms with E-state index in [2.05, 4.69) is 20.8 Å². The minimum absolute atomic E-state index is 0.114. The molecule has 0 fully saturated rings. The van der Waals surface area contributed by atoms with E-state index in [1.54, 1.807) is 30.6 Å². The number of amides is 1. The molecule has 0 aliphatic rings. The molecule has 1 heterocycles. The predicted molar refractivity (Wildman–Crippen MR) is 74.8 cm³/mol. The summed E-state index contributed by atoms with van der Waals surface area (Å²) >= 11 is 0. The van der Waals surface area contributed by atoms with Crippen LogP contribution in [0.3, 0.4) is 0 Å². The van der Waals surface area contributed by atoms with Gasteiger partial charge in [-0.15, -0.1) is 0 Å². The van der Waals surface area contributed by atoms with E-state index in [1.807, 2.05) is 6.92 Å². The molecular weight excluding hydrogens is 242 g/mol. The van der Waals surface area contributed by atoms with Crippen molar-refractivity contribution in [3.8, 4) is 0 Å². The molecular formula is C13H17N5O. The summed E-state index contributed by atoms with van der Waals surface area (Å²) in [5.41, 5.74) is 8.68. The van der Waals surface area contributed by atoms with Gasteiger partial charge in [0, 0.05) is 36.2 Å². The lowest BCUT2D eigenvalue weighted by atomic mass is 10.1. The fourth-order valence-electron chi connectivity index (χ4n) is 1.73. The van der Waals surface area contributed by atoms with E-state index in [-0.39, 0.29) is 5.91 Å². The summed E-state index contributed by atoms with van der Waals surface area (Å²) in [6, 6.07) is 5.19. The minimum Gasteiger partial charge on any atom is -0.399 e. The predicted octanol–water partition coefficient (Wildman–Crippen LogP) is 1.35. The fraction of sp³-hybridized carbons (Fsp3) is 0.231. The number of hydrogen-bond acceptors (Lipinski definition) is 4. The monoisotopic (exact) mass is 259 g/mol. The van der Waals surface area contributed by atoms with Crippen molar-refractivity contribution in [2.75, 3.05) is 17.6 Å². The molecule has 0 bridgehead atoms. The maximum Gasteiger partial charge on any atom is 0.253 e. The third-order valence-electron chi connectivity index (χ3n) is 2.66. The van der Waals surface area contributed by atoms with Crippen LogP contribution >= 0.6 is 0 Å². The van der Waals surface area contributed by atoms with Crippen molar-refractivity contribution in [2.45, 2.75) is 13.5 Å². The molecule has 0 saturated carbocycles. The maximum atomic E-state index is 11.9. The second-order valence-electron chi connectivity index (χ2n) is 4.12. The van der Waals surface area contributed by atoms with E-state index < -0.39 is 0 Å². The number of hydrogen-bond donors (Lipinski definition) is 4. The first-order valence-corrected chi connectivity index (χ1v) is 6.10. The summed E-state index contributed by atoms with van der Waals surface area (Å²) in [6.07, 6.45) is 3.52. The van der Waals surface area contributed by atoms with Crippen molar-refractivity contribution < 1.29 is 4.79 Å². The normalized spacial score (nSPS) is 10.2. The Morgan fingerprint density at radius 1 is 1.47 bits per heavy atom. The summed E-state index contributed by atoms with van der Waals surface area (Å²) in [4.78, 5) is 11.9. The Labute approximate surface area is 111 Å². The highest BCUT2D eigenvalue weighted by Crippen LogP contribution is 2.20. The zero-order valence-corrected chi connectivity index (χ0v) is 10.7. The zero-order valence-electron chi connectivity index (χ0n) is 10.7. The van der Waals surface area contributed by atoms with Crippen LogP contribution in [0.1, 0.15) is 22.8 Å². The molecule has 19 heavy (non-hydrogen) atoms. The van der Waals surface area contributed by atoms with Gasteiger partial charge in [0.25, 0.3) is 5.91 Å². The lowest BCUT2D eigenvalue weighted by Gasteiger charge is -2.12. The number of nitrogens with zero attached hydrogens (tertiary/aromatic N) is 1. The van der Waals surface area contributed by atoms with Crippen molar-refractivity contribution in [1.29, 1.82) is 0 Å². The molecule has 100 valence electrons. The molecule has 0 aliphatic carbocycles. The van der Waals surface area contributed by atoms with Crippen molar-refractivity contribution in [2.24, 2.45) is 0 Å². The van der Waals surface area contributed by atoms with Gasteiger partial charge in [0.1, 0.15) is 0 Å². The number of nitrogens with one attached hydrogen (secondary N) is 3. The lowest BCUT2D eigenvalue weighted by Crippen LogP contribution is -2.23. The van der Waals surface area contributed by atoms with Gasteiger partial charge < -0.3 is 16.4 Å². The summed E-state index contributed by atoms with van der Waals surface area (Å²) in [5, 5.41) is 12.6. The minimum atomic E-state index is -0.114. The number of benzene rings is 1. The van der Waals surface area contributed by atoms with Gasteiger partial charge in [-0.1, -0.05) is 0 Å². The Bertz CT molecular complexity index is 550. The molecule has 2 aromatic rings. The molecule has 0 unspecified atom stereocenters. The Balaban J connectivity index is 2.17. The first-order valence-electron chi connectivity index (χ1n) is 6.10. The molecule has 5 N–H and O–H groups in total. The van der Waals surface area contributed by atoms with Gasteiger partial charge >= 0.3 is 0 Å². The molecule has 0 saturated heterocycles. The number of carbonyl (C=O) groups excluding carboxylic acids is 1. The van der Waals surface area contributed by atoms with Crippen molar-refractivity contribution in [1.82, 2.24) is 15.5 Å². The topological polar surface area (TPSA) is 95.8 Å². The van der Waals surface area contributed by atoms with Gasteiger partial charge in [0.2, 0.25) is 0 Å². The smallest absolute Gasteiger partial charge is 0.253 e. The van der Waals surface area contributed by atoms with Crippen LogP contribution in [-0.4, -0.2) is 22.6 Å². The molecule has 1 amide bonds. The SMILES string of the molecule is CCNC(=O)c1ccc(N)cc1NCc1cn[nH]c1. The highest BCUT2D eigenvalue weighted by Gasteiger charge is 2.10. The average Bonchev–Trinajstić information content (AvgIpc) is 2.89. The van der Waals surface area contributed by atoms with Crippen LogP contribution in [-0.2, 0) is 6.54 Å². The summed E-state index contributed by atoms with van der Waals surface area (Å²) in [6.45, 7) is 3.05. The number of nitrogens with two attached hydrogens (primary N) is 1. The molecule has 6 nitrogen and oxygen atoms in total. The summed E-state index contributed by atoms with van der Waals surface area (Å²) in [5.74, 6) is -0.114. The summed E-state index contributed by atoms with van der Waals surface area (Å²) < 4.78 is 0. The average molecular weight is 259 g/mol. The van der Waals surface area contributed by atoms with Crippen LogP contribution in [0.25, 0.3) is 0 Å². The van der Waals surface area contributed by atoms with Crippen LogP contribution in [0, 0.1) is 0 Å². The summed E-state index contributed by atoms with van der Waals surface area (Å²) in [7, 11) is 0. The van der Waals surface area contributed by atoms with Gasteiger partial charge in [0.15, 0.2) is 0 Å². The third kappa shape index (κ3) is 3.25. The van der Waals surface area contributed by atoms with Crippen LogP contribution in [0.5, 0.6) is 0 Å². The standard InChI is InChI=1S/C13H17N5O/c1-2-15-13(19)11-4-3-10(14)5-12(11)16-6-9-7-17-18-8-9/h3-5,7-8,16H,2,6,14H2,1H3,(H,15,19)(H,17,18). The van der Waals surface area contributed by atoms with Gasteiger partial charge in [-0.3, -0.25) is 9.89 Å². The number of aromatic nitrogens is 2. The quantitative estimate of drug-likeness (QED) is 0.609. The number of nitrogen functional groups attached to an aromatic ring is 1. The van der Waals surface area contributed by atoms with Crippen LogP contribution in [0.4, 0.5) is 11.4 Å². The maximum absolute atomic E-state index is 11.9. The van der Waals surface area contributed by atoms with Crippen LogP contribution in [0.2, 0.25) is 0 Å². The molecule has 0 radical (unpaired) electrons. The number of H-pyrrole nitrogens is 1. The Morgan fingerprint density at radius 3 is 3.00 bits per heavy atom. The van der Waals surface area contributed by atoms with E-state index in [0.29, 0.717) is 30.0 Å². The largest absolute Gasteiger partial charge is 0.399 e. The molecule has 1 aromatic carbocycles. The van der Waals surface area contributed by atoms with Crippen molar-refractivity contribution in [3.63, 3.8) is 0 Å². The molecule has 6 heteroatoms. The van der Waals surface area contributed by atoms with Gasteiger partial charge in [-0.2, -0.15) is 5.10 Å².